The molecule has 8 heteroatoms. The Labute approximate surface area is 199 Å². The van der Waals surface area contributed by atoms with Gasteiger partial charge in [0.15, 0.2) is 0 Å². The standard InChI is InChI=1S/C26H31FN4O3/c27-22-7-3-1-6-20(22)16-28-26(33)21-15-19-5-2-4-8-23(19)31-10-9-29(17-24(21)31)18-25(32)30-11-13-34-14-12-30/h1-8,21,24H,9-18H2,(H,28,33)/t21-,24-/m0/s1. The predicted octanol–water partition coefficient (Wildman–Crippen LogP) is 1.66. The molecule has 180 valence electrons. The van der Waals surface area contributed by atoms with Crippen molar-refractivity contribution < 1.29 is 18.7 Å². The van der Waals surface area contributed by atoms with Gasteiger partial charge in [-0.1, -0.05) is 36.4 Å². The van der Waals surface area contributed by atoms with E-state index in [1.807, 2.05) is 17.0 Å². The van der Waals surface area contributed by atoms with E-state index in [1.165, 1.54) is 11.8 Å². The summed E-state index contributed by atoms with van der Waals surface area (Å²) in [4.78, 5) is 32.5. The monoisotopic (exact) mass is 466 g/mol. The second kappa shape index (κ2) is 10.1. The number of halogens is 1. The van der Waals surface area contributed by atoms with E-state index in [4.69, 9.17) is 4.74 Å². The topological polar surface area (TPSA) is 65.1 Å². The van der Waals surface area contributed by atoms with Crippen LogP contribution in [0.4, 0.5) is 10.1 Å². The number of amides is 2. The molecule has 0 radical (unpaired) electrons. The van der Waals surface area contributed by atoms with E-state index in [0.29, 0.717) is 51.4 Å². The number of anilines is 1. The number of para-hydroxylation sites is 1. The minimum atomic E-state index is -0.316. The summed E-state index contributed by atoms with van der Waals surface area (Å²) in [6, 6.07) is 14.7. The van der Waals surface area contributed by atoms with Crippen molar-refractivity contribution in [2.75, 3.05) is 57.4 Å². The van der Waals surface area contributed by atoms with Crippen LogP contribution in [0.3, 0.4) is 0 Å². The van der Waals surface area contributed by atoms with Gasteiger partial charge in [0.1, 0.15) is 5.82 Å². The molecule has 1 N–H and O–H groups in total. The van der Waals surface area contributed by atoms with Crippen molar-refractivity contribution >= 4 is 17.5 Å². The molecule has 34 heavy (non-hydrogen) atoms. The maximum Gasteiger partial charge on any atom is 0.236 e. The van der Waals surface area contributed by atoms with E-state index in [0.717, 1.165) is 18.7 Å². The number of nitrogens with one attached hydrogen (secondary N) is 1. The summed E-state index contributed by atoms with van der Waals surface area (Å²) in [5, 5.41) is 2.97. The molecule has 7 nitrogen and oxygen atoms in total. The Morgan fingerprint density at radius 3 is 2.59 bits per heavy atom. The number of piperazine rings is 1. The summed E-state index contributed by atoms with van der Waals surface area (Å²) in [7, 11) is 0. The lowest BCUT2D eigenvalue weighted by molar-refractivity contribution is -0.136. The fraction of sp³-hybridized carbons (Fsp3) is 0.462. The van der Waals surface area contributed by atoms with Gasteiger partial charge in [-0.15, -0.1) is 0 Å². The zero-order valence-corrected chi connectivity index (χ0v) is 19.3. The lowest BCUT2D eigenvalue weighted by Gasteiger charge is -2.49. The Morgan fingerprint density at radius 2 is 1.76 bits per heavy atom. The van der Waals surface area contributed by atoms with Gasteiger partial charge in [0.25, 0.3) is 0 Å². The van der Waals surface area contributed by atoms with Crippen LogP contribution >= 0.6 is 0 Å². The van der Waals surface area contributed by atoms with Crippen LogP contribution in [0, 0.1) is 11.7 Å². The van der Waals surface area contributed by atoms with Crippen LogP contribution in [0.1, 0.15) is 11.1 Å². The molecular weight excluding hydrogens is 435 g/mol. The number of carbonyl (C=O) groups excluding carboxylic acids is 2. The molecule has 3 aliphatic heterocycles. The molecule has 0 spiro atoms. The van der Waals surface area contributed by atoms with Crippen LogP contribution in [0.2, 0.25) is 0 Å². The number of fused-ring (bicyclic) bond motifs is 3. The largest absolute Gasteiger partial charge is 0.378 e. The number of carbonyl (C=O) groups is 2. The van der Waals surface area contributed by atoms with Gasteiger partial charge in [-0.25, -0.2) is 4.39 Å². The van der Waals surface area contributed by atoms with Crippen molar-refractivity contribution in [2.45, 2.75) is 19.0 Å². The molecule has 2 aromatic rings. The molecule has 3 heterocycles. The highest BCUT2D eigenvalue weighted by Crippen LogP contribution is 2.36. The van der Waals surface area contributed by atoms with Crippen LogP contribution in [-0.4, -0.2) is 80.1 Å². The highest BCUT2D eigenvalue weighted by molar-refractivity contribution is 5.82. The molecule has 0 bridgehead atoms. The maximum atomic E-state index is 14.1. The molecule has 2 saturated heterocycles. The molecular formula is C26H31FN4O3. The number of nitrogens with zero attached hydrogens (tertiary/aromatic N) is 3. The Bertz CT molecular complexity index is 1040. The normalized spacial score (nSPS) is 22.6. The Hall–Kier alpha value is -2.97. The fourth-order valence-corrected chi connectivity index (χ4v) is 5.32. The van der Waals surface area contributed by atoms with Gasteiger partial charge >= 0.3 is 0 Å². The van der Waals surface area contributed by atoms with E-state index in [-0.39, 0.29) is 36.1 Å². The minimum Gasteiger partial charge on any atom is -0.378 e. The van der Waals surface area contributed by atoms with Crippen LogP contribution in [0.5, 0.6) is 0 Å². The first-order chi connectivity index (χ1) is 16.6. The molecule has 2 fully saturated rings. The average Bonchev–Trinajstić information content (AvgIpc) is 2.88. The van der Waals surface area contributed by atoms with Crippen molar-refractivity contribution in [3.63, 3.8) is 0 Å². The molecule has 2 amide bonds. The van der Waals surface area contributed by atoms with Crippen LogP contribution in [0.25, 0.3) is 0 Å². The number of ether oxygens (including phenoxy) is 1. The van der Waals surface area contributed by atoms with Crippen molar-refractivity contribution in [3.8, 4) is 0 Å². The van der Waals surface area contributed by atoms with E-state index >= 15 is 0 Å². The van der Waals surface area contributed by atoms with E-state index in [9.17, 15) is 14.0 Å². The van der Waals surface area contributed by atoms with Gasteiger partial charge in [0.2, 0.25) is 11.8 Å². The molecule has 0 saturated carbocycles. The second-order valence-electron chi connectivity index (χ2n) is 9.24. The van der Waals surface area contributed by atoms with Gasteiger partial charge in [0.05, 0.1) is 31.7 Å². The van der Waals surface area contributed by atoms with Crippen molar-refractivity contribution in [1.82, 2.24) is 15.1 Å². The molecule has 2 aromatic carbocycles. The summed E-state index contributed by atoms with van der Waals surface area (Å²) < 4.78 is 19.4. The summed E-state index contributed by atoms with van der Waals surface area (Å²) >= 11 is 0. The first kappa shape index (κ1) is 22.8. The minimum absolute atomic E-state index is 0.0400. The molecule has 0 aliphatic carbocycles. The first-order valence-electron chi connectivity index (χ1n) is 12.0. The van der Waals surface area contributed by atoms with Crippen LogP contribution < -0.4 is 10.2 Å². The lowest BCUT2D eigenvalue weighted by Crippen LogP contribution is -2.62. The molecule has 0 unspecified atom stereocenters. The first-order valence-corrected chi connectivity index (χ1v) is 12.0. The summed E-state index contributed by atoms with van der Waals surface area (Å²) in [5.74, 6) is -0.547. The third-order valence-corrected chi connectivity index (χ3v) is 7.18. The van der Waals surface area contributed by atoms with Crippen molar-refractivity contribution in [2.24, 2.45) is 5.92 Å². The number of benzene rings is 2. The maximum absolute atomic E-state index is 14.1. The van der Waals surface area contributed by atoms with E-state index < -0.39 is 0 Å². The average molecular weight is 467 g/mol. The Kier molecular flexibility index (Phi) is 6.78. The third kappa shape index (κ3) is 4.79. The SMILES string of the molecule is O=C(NCc1ccccc1F)[C@H]1Cc2ccccc2N2CCN(CC(=O)N3CCOCC3)C[C@@H]12. The Morgan fingerprint density at radius 1 is 1.00 bits per heavy atom. The smallest absolute Gasteiger partial charge is 0.236 e. The molecule has 2 atom stereocenters. The van der Waals surface area contributed by atoms with Gasteiger partial charge in [-0.05, 0) is 24.1 Å². The predicted molar refractivity (Wildman–Crippen MR) is 127 cm³/mol. The summed E-state index contributed by atoms with van der Waals surface area (Å²) in [6.07, 6.45) is 0.631. The number of morpholine rings is 1. The lowest BCUT2D eigenvalue weighted by atomic mass is 9.83. The number of hydrogen-bond donors (Lipinski definition) is 1. The van der Waals surface area contributed by atoms with Crippen molar-refractivity contribution in [3.05, 3.63) is 65.5 Å². The fourth-order valence-electron chi connectivity index (χ4n) is 5.32. The number of hydrogen-bond acceptors (Lipinski definition) is 5. The van der Waals surface area contributed by atoms with Gasteiger partial charge in [-0.3, -0.25) is 14.5 Å². The van der Waals surface area contributed by atoms with Crippen molar-refractivity contribution in [1.29, 1.82) is 0 Å². The van der Waals surface area contributed by atoms with E-state index in [1.54, 1.807) is 18.2 Å². The quantitative estimate of drug-likeness (QED) is 0.726. The van der Waals surface area contributed by atoms with Crippen LogP contribution in [-0.2, 0) is 27.3 Å². The van der Waals surface area contributed by atoms with E-state index in [2.05, 4.69) is 27.2 Å². The van der Waals surface area contributed by atoms with Crippen LogP contribution in [0.15, 0.2) is 48.5 Å². The van der Waals surface area contributed by atoms with Gasteiger partial charge in [-0.2, -0.15) is 0 Å². The highest BCUT2D eigenvalue weighted by Gasteiger charge is 2.41. The summed E-state index contributed by atoms with van der Waals surface area (Å²) in [5.41, 5.74) is 2.80. The molecule has 0 aromatic heterocycles. The van der Waals surface area contributed by atoms with Gasteiger partial charge < -0.3 is 19.9 Å². The zero-order valence-electron chi connectivity index (χ0n) is 19.3. The van der Waals surface area contributed by atoms with Gasteiger partial charge in [0, 0.05) is 50.5 Å². The Balaban J connectivity index is 1.30. The highest BCUT2D eigenvalue weighted by atomic mass is 19.1. The second-order valence-corrected chi connectivity index (χ2v) is 9.24. The molecule has 3 aliphatic rings. The molecule has 5 rings (SSSR count). The zero-order chi connectivity index (χ0) is 23.5. The summed E-state index contributed by atoms with van der Waals surface area (Å²) in [6.45, 7) is 5.13. The third-order valence-electron chi connectivity index (χ3n) is 7.18. The number of rotatable bonds is 5.